The van der Waals surface area contributed by atoms with E-state index in [0.717, 1.165) is 19.5 Å². The second-order valence-corrected chi connectivity index (χ2v) is 4.39. The van der Waals surface area contributed by atoms with Gasteiger partial charge >= 0.3 is 0 Å². The van der Waals surface area contributed by atoms with E-state index in [1.54, 1.807) is 4.90 Å². The van der Waals surface area contributed by atoms with Crippen LogP contribution < -0.4 is 0 Å². The van der Waals surface area contributed by atoms with Gasteiger partial charge in [-0.1, -0.05) is 6.92 Å². The minimum absolute atomic E-state index is 0.271. The fraction of sp³-hybridized carbons (Fsp3) is 0.909. The molecule has 1 saturated heterocycles. The average molecular weight is 198 g/mol. The molecule has 0 aromatic carbocycles. The van der Waals surface area contributed by atoms with Gasteiger partial charge in [-0.3, -0.25) is 4.79 Å². The van der Waals surface area contributed by atoms with Gasteiger partial charge in [-0.2, -0.15) is 0 Å². The Morgan fingerprint density at radius 2 is 2.21 bits per heavy atom. The van der Waals surface area contributed by atoms with Crippen LogP contribution in [0.3, 0.4) is 0 Å². The van der Waals surface area contributed by atoms with Crippen molar-refractivity contribution >= 4 is 5.91 Å². The fourth-order valence-electron chi connectivity index (χ4n) is 2.03. The number of carbonyl (C=O) groups excluding carboxylic acids is 1. The maximum Gasteiger partial charge on any atom is 0.222 e. The van der Waals surface area contributed by atoms with Crippen LogP contribution in [0, 0.1) is 5.92 Å². The first kappa shape index (κ1) is 11.5. The Kier molecular flexibility index (Phi) is 4.39. The standard InChI is InChI=1S/C11H22N2O/c1-4-13-7-5-6-10(9-13)8-11(14)12(2)3/h10H,4-9H2,1-3H3. The van der Waals surface area contributed by atoms with Crippen molar-refractivity contribution in [2.75, 3.05) is 33.7 Å². The van der Waals surface area contributed by atoms with Crippen molar-refractivity contribution < 1.29 is 4.79 Å². The number of nitrogens with zero attached hydrogens (tertiary/aromatic N) is 2. The molecule has 3 heteroatoms. The first-order valence-corrected chi connectivity index (χ1v) is 5.56. The van der Waals surface area contributed by atoms with Gasteiger partial charge in [0.1, 0.15) is 0 Å². The Bertz CT molecular complexity index is 192. The molecule has 1 amide bonds. The molecule has 1 unspecified atom stereocenters. The van der Waals surface area contributed by atoms with Gasteiger partial charge in [0.15, 0.2) is 0 Å². The molecule has 1 heterocycles. The lowest BCUT2D eigenvalue weighted by Gasteiger charge is -2.31. The summed E-state index contributed by atoms with van der Waals surface area (Å²) in [6.45, 7) is 5.63. The molecule has 0 radical (unpaired) electrons. The number of carbonyl (C=O) groups is 1. The predicted octanol–water partition coefficient (Wildman–Crippen LogP) is 1.20. The third kappa shape index (κ3) is 3.29. The van der Waals surface area contributed by atoms with E-state index in [4.69, 9.17) is 0 Å². The topological polar surface area (TPSA) is 23.6 Å². The van der Waals surface area contributed by atoms with Gasteiger partial charge in [0.2, 0.25) is 5.91 Å². The molecule has 1 fully saturated rings. The van der Waals surface area contributed by atoms with Crippen molar-refractivity contribution in [3.8, 4) is 0 Å². The van der Waals surface area contributed by atoms with E-state index in [1.807, 2.05) is 14.1 Å². The zero-order valence-corrected chi connectivity index (χ0v) is 9.62. The first-order valence-electron chi connectivity index (χ1n) is 5.56. The lowest BCUT2D eigenvalue weighted by Crippen LogP contribution is -2.37. The normalized spacial score (nSPS) is 23.5. The zero-order valence-electron chi connectivity index (χ0n) is 9.62. The number of hydrogen-bond donors (Lipinski definition) is 0. The van der Waals surface area contributed by atoms with Crippen molar-refractivity contribution in [2.45, 2.75) is 26.2 Å². The van der Waals surface area contributed by atoms with Crippen molar-refractivity contribution in [1.82, 2.24) is 9.80 Å². The van der Waals surface area contributed by atoms with Crippen LogP contribution >= 0.6 is 0 Å². The van der Waals surface area contributed by atoms with Crippen LogP contribution in [0.1, 0.15) is 26.2 Å². The molecule has 3 nitrogen and oxygen atoms in total. The van der Waals surface area contributed by atoms with E-state index >= 15 is 0 Å². The zero-order chi connectivity index (χ0) is 10.6. The molecule has 0 N–H and O–H groups in total. The van der Waals surface area contributed by atoms with Crippen LogP contribution in [0.15, 0.2) is 0 Å². The lowest BCUT2D eigenvalue weighted by molar-refractivity contribution is -0.130. The van der Waals surface area contributed by atoms with Gasteiger partial charge in [0.25, 0.3) is 0 Å². The van der Waals surface area contributed by atoms with Crippen LogP contribution in [0.5, 0.6) is 0 Å². The van der Waals surface area contributed by atoms with Crippen LogP contribution in [0.2, 0.25) is 0 Å². The largest absolute Gasteiger partial charge is 0.349 e. The molecular weight excluding hydrogens is 176 g/mol. The summed E-state index contributed by atoms with van der Waals surface area (Å²) < 4.78 is 0. The van der Waals surface area contributed by atoms with Gasteiger partial charge in [-0.05, 0) is 31.8 Å². The van der Waals surface area contributed by atoms with Gasteiger partial charge in [0.05, 0.1) is 0 Å². The van der Waals surface area contributed by atoms with E-state index in [0.29, 0.717) is 5.92 Å². The van der Waals surface area contributed by atoms with Gasteiger partial charge < -0.3 is 9.80 Å². The lowest BCUT2D eigenvalue weighted by atomic mass is 9.94. The second kappa shape index (κ2) is 5.35. The summed E-state index contributed by atoms with van der Waals surface area (Å²) in [5.74, 6) is 0.853. The Balaban J connectivity index is 2.34. The first-order chi connectivity index (χ1) is 6.63. The number of likely N-dealkylation sites (tertiary alicyclic amines) is 1. The summed E-state index contributed by atoms with van der Waals surface area (Å²) in [4.78, 5) is 15.7. The van der Waals surface area contributed by atoms with E-state index < -0.39 is 0 Å². The summed E-state index contributed by atoms with van der Waals surface area (Å²) in [5.41, 5.74) is 0. The number of rotatable bonds is 3. The highest BCUT2D eigenvalue weighted by molar-refractivity contribution is 5.75. The third-order valence-electron chi connectivity index (χ3n) is 3.01. The van der Waals surface area contributed by atoms with E-state index in [2.05, 4.69) is 11.8 Å². The van der Waals surface area contributed by atoms with Gasteiger partial charge in [-0.25, -0.2) is 0 Å². The smallest absolute Gasteiger partial charge is 0.222 e. The quantitative estimate of drug-likeness (QED) is 0.680. The predicted molar refractivity (Wildman–Crippen MR) is 58.1 cm³/mol. The third-order valence-corrected chi connectivity index (χ3v) is 3.01. The molecule has 0 aromatic heterocycles. The van der Waals surface area contributed by atoms with E-state index in [-0.39, 0.29) is 5.91 Å². The summed E-state index contributed by atoms with van der Waals surface area (Å²) in [6, 6.07) is 0. The Morgan fingerprint density at radius 3 is 2.79 bits per heavy atom. The fourth-order valence-corrected chi connectivity index (χ4v) is 2.03. The second-order valence-electron chi connectivity index (χ2n) is 4.39. The molecule has 0 spiro atoms. The Labute approximate surface area is 87.1 Å². The molecule has 82 valence electrons. The van der Waals surface area contributed by atoms with Crippen molar-refractivity contribution in [2.24, 2.45) is 5.92 Å². The van der Waals surface area contributed by atoms with Crippen LogP contribution in [0.4, 0.5) is 0 Å². The summed E-state index contributed by atoms with van der Waals surface area (Å²) in [5, 5.41) is 0. The summed E-state index contributed by atoms with van der Waals surface area (Å²) in [7, 11) is 3.67. The van der Waals surface area contributed by atoms with E-state index in [9.17, 15) is 4.79 Å². The SMILES string of the molecule is CCN1CCCC(CC(=O)N(C)C)C1. The number of piperidine rings is 1. The molecular formula is C11H22N2O. The molecule has 1 atom stereocenters. The highest BCUT2D eigenvalue weighted by Gasteiger charge is 2.21. The van der Waals surface area contributed by atoms with Crippen LogP contribution in [-0.2, 0) is 4.79 Å². The molecule has 1 aliphatic rings. The Morgan fingerprint density at radius 1 is 1.50 bits per heavy atom. The number of hydrogen-bond acceptors (Lipinski definition) is 2. The molecule has 14 heavy (non-hydrogen) atoms. The monoisotopic (exact) mass is 198 g/mol. The molecule has 0 saturated carbocycles. The van der Waals surface area contributed by atoms with Crippen LogP contribution in [-0.4, -0.2) is 49.4 Å². The molecule has 0 bridgehead atoms. The van der Waals surface area contributed by atoms with Crippen molar-refractivity contribution in [3.63, 3.8) is 0 Å². The van der Waals surface area contributed by atoms with Crippen molar-refractivity contribution in [1.29, 1.82) is 0 Å². The highest BCUT2D eigenvalue weighted by atomic mass is 16.2. The molecule has 1 rings (SSSR count). The van der Waals surface area contributed by atoms with Crippen LogP contribution in [0.25, 0.3) is 0 Å². The molecule has 0 aromatic rings. The highest BCUT2D eigenvalue weighted by Crippen LogP contribution is 2.19. The Hall–Kier alpha value is -0.570. The molecule has 0 aliphatic carbocycles. The number of amides is 1. The van der Waals surface area contributed by atoms with Crippen molar-refractivity contribution in [3.05, 3.63) is 0 Å². The van der Waals surface area contributed by atoms with Gasteiger partial charge in [-0.15, -0.1) is 0 Å². The summed E-state index contributed by atoms with van der Waals surface area (Å²) >= 11 is 0. The minimum Gasteiger partial charge on any atom is -0.349 e. The summed E-state index contributed by atoms with van der Waals surface area (Å²) in [6.07, 6.45) is 3.19. The van der Waals surface area contributed by atoms with E-state index in [1.165, 1.54) is 19.4 Å². The maximum atomic E-state index is 11.5. The van der Waals surface area contributed by atoms with Gasteiger partial charge in [0, 0.05) is 27.1 Å². The molecule has 1 aliphatic heterocycles. The maximum absolute atomic E-state index is 11.5. The average Bonchev–Trinajstić information content (AvgIpc) is 2.18. The minimum atomic E-state index is 0.271.